The summed E-state index contributed by atoms with van der Waals surface area (Å²) in [4.78, 5) is 34.9. The first-order chi connectivity index (χ1) is 36.0. The van der Waals surface area contributed by atoms with Gasteiger partial charge in [0.15, 0.2) is 0 Å². The normalized spacial score (nSPS) is 12.6. The molecule has 0 spiro atoms. The van der Waals surface area contributed by atoms with Crippen LogP contribution in [0.3, 0.4) is 0 Å². The molecule has 0 radical (unpaired) electrons. The molecule has 0 aliphatic heterocycles. The van der Waals surface area contributed by atoms with E-state index in [1.165, 1.54) is 0 Å². The summed E-state index contributed by atoms with van der Waals surface area (Å²) >= 11 is 12.6. The highest BCUT2D eigenvalue weighted by Crippen LogP contribution is 2.29. The summed E-state index contributed by atoms with van der Waals surface area (Å²) in [5.74, 6) is 1.96. The predicted octanol–water partition coefficient (Wildman–Crippen LogP) is 10.2. The molecule has 2 amide bonds. The van der Waals surface area contributed by atoms with Crippen LogP contribution in [0.5, 0.6) is 11.5 Å². The maximum Gasteiger partial charge on any atom is 0.251 e. The monoisotopic (exact) mass is 1210 g/mol. The number of nitrogens with zero attached hydrogens (tertiary/aromatic N) is 4. The minimum absolute atomic E-state index is 0. The fourth-order valence-corrected chi connectivity index (χ4v) is 9.11. The fraction of sp³-hybridized carbons (Fsp3) is 0.439. The van der Waals surface area contributed by atoms with Crippen molar-refractivity contribution in [2.75, 3.05) is 25.7 Å². The van der Waals surface area contributed by atoms with Gasteiger partial charge in [-0.1, -0.05) is 94.0 Å². The highest BCUT2D eigenvalue weighted by Gasteiger charge is 2.21. The Morgan fingerprint density at radius 1 is 0.625 bits per heavy atom. The Kier molecular flexibility index (Phi) is 30.2. The van der Waals surface area contributed by atoms with E-state index in [1.54, 1.807) is 47.9 Å². The zero-order valence-corrected chi connectivity index (χ0v) is 48.8. The second kappa shape index (κ2) is 33.4. The third kappa shape index (κ3) is 24.3. The molecule has 0 saturated heterocycles. The second-order valence-electron chi connectivity index (χ2n) is 19.1. The van der Waals surface area contributed by atoms with Gasteiger partial charge in [0.1, 0.15) is 23.1 Å². The number of carbonyl (C=O) groups is 2. The second-order valence-corrected chi connectivity index (χ2v) is 24.7. The van der Waals surface area contributed by atoms with Crippen LogP contribution in [-0.2, 0) is 46.0 Å². The fourth-order valence-electron chi connectivity index (χ4n) is 7.91. The van der Waals surface area contributed by atoms with Gasteiger partial charge in [-0.3, -0.25) is 9.59 Å². The highest BCUT2D eigenvalue weighted by molar-refractivity contribution is 8.13. The lowest BCUT2D eigenvalue weighted by Gasteiger charge is -2.19. The Hall–Kier alpha value is -5.55. The van der Waals surface area contributed by atoms with Crippen molar-refractivity contribution in [3.8, 4) is 34.0 Å². The number of nitrogens with two attached hydrogens (primary N) is 1. The first kappa shape index (κ1) is 72.5. The summed E-state index contributed by atoms with van der Waals surface area (Å²) in [5, 5.41) is 25.8. The molecule has 0 fully saturated rings. The summed E-state index contributed by atoms with van der Waals surface area (Å²) in [6, 6.07) is 24.6. The van der Waals surface area contributed by atoms with Gasteiger partial charge in [0, 0.05) is 84.7 Å². The number of aliphatic hydroxyl groups is 2. The number of hydrogen-bond acceptors (Lipinski definition) is 13. The average Bonchev–Trinajstić information content (AvgIpc) is 3.92. The van der Waals surface area contributed by atoms with Crippen molar-refractivity contribution in [3.05, 3.63) is 141 Å². The third-order valence-electron chi connectivity index (χ3n) is 11.2. The molecule has 23 heteroatoms. The van der Waals surface area contributed by atoms with Crippen LogP contribution in [-0.4, -0.2) is 108 Å². The summed E-state index contributed by atoms with van der Waals surface area (Å²) in [6.45, 7) is 11.2. The van der Waals surface area contributed by atoms with Crippen LogP contribution in [0.1, 0.15) is 132 Å². The van der Waals surface area contributed by atoms with Crippen LogP contribution in [0, 0.1) is 0 Å². The van der Waals surface area contributed by atoms with Gasteiger partial charge >= 0.3 is 0 Å². The summed E-state index contributed by atoms with van der Waals surface area (Å²) < 4.78 is 59.5. The van der Waals surface area contributed by atoms with Crippen LogP contribution >= 0.6 is 33.9 Å². The summed E-state index contributed by atoms with van der Waals surface area (Å²) in [7, 11) is 1.70. The maximum absolute atomic E-state index is 12.9. The van der Waals surface area contributed by atoms with E-state index >= 15 is 0 Å². The Balaban J connectivity index is 0.000000715. The van der Waals surface area contributed by atoms with Gasteiger partial charge < -0.3 is 45.2 Å². The SMILES string of the molecule is C.C.C.CC(C)Oc1ccc(C(=O)N[C@H](CCO)Cc2ccc(-c3cn(C)c(C(C)N)n3)cc2)cc1Cl.CC(C)Oc1ccc(C(=O)N[C@H](CCO)Cc2ccc(-c3cn(C)c(C(C)NS(C)(=O)=O)n3)cc2)cc1Cl.CS(=O)(=O)Cl. The van der Waals surface area contributed by atoms with Gasteiger partial charge in [0.2, 0.25) is 19.1 Å². The average molecular weight is 1210 g/mol. The Morgan fingerprint density at radius 2 is 0.975 bits per heavy atom. The molecule has 0 aliphatic rings. The van der Waals surface area contributed by atoms with Crippen molar-refractivity contribution in [1.29, 1.82) is 0 Å². The van der Waals surface area contributed by atoms with E-state index in [1.807, 2.05) is 114 Å². The molecule has 4 atom stereocenters. The van der Waals surface area contributed by atoms with E-state index < -0.39 is 25.1 Å². The van der Waals surface area contributed by atoms with E-state index in [4.69, 9.17) is 38.4 Å². The molecule has 0 aliphatic carbocycles. The van der Waals surface area contributed by atoms with Crippen molar-refractivity contribution in [2.45, 2.75) is 126 Å². The van der Waals surface area contributed by atoms with Gasteiger partial charge in [0.25, 0.3) is 11.8 Å². The van der Waals surface area contributed by atoms with Crippen molar-refractivity contribution >= 4 is 64.8 Å². The molecule has 2 heterocycles. The zero-order valence-electron chi connectivity index (χ0n) is 44.9. The number of imidazole rings is 2. The van der Waals surface area contributed by atoms with Crippen LogP contribution in [0.4, 0.5) is 0 Å². The quantitative estimate of drug-likeness (QED) is 0.0346. The molecule has 6 aromatic rings. The van der Waals surface area contributed by atoms with Crippen molar-refractivity contribution < 1.29 is 46.1 Å². The molecule has 2 aromatic heterocycles. The molecule has 6 rings (SSSR count). The molecule has 0 bridgehead atoms. The van der Waals surface area contributed by atoms with Gasteiger partial charge in [-0.15, -0.1) is 0 Å². The molecule has 444 valence electrons. The largest absolute Gasteiger partial charge is 0.489 e. The lowest BCUT2D eigenvalue weighted by atomic mass is 10.0. The van der Waals surface area contributed by atoms with E-state index in [9.17, 15) is 36.6 Å². The van der Waals surface area contributed by atoms with Gasteiger partial charge in [-0.2, -0.15) is 0 Å². The van der Waals surface area contributed by atoms with Crippen LogP contribution < -0.4 is 30.6 Å². The number of ether oxygens (including phenoxy) is 2. The number of carbonyl (C=O) groups excluding carboxylic acids is 2. The van der Waals surface area contributed by atoms with E-state index in [-0.39, 0.29) is 77.6 Å². The van der Waals surface area contributed by atoms with Gasteiger partial charge in [-0.05, 0) is 115 Å². The Morgan fingerprint density at radius 3 is 1.27 bits per heavy atom. The molecule has 4 aromatic carbocycles. The minimum atomic E-state index is -3.36. The van der Waals surface area contributed by atoms with E-state index in [0.29, 0.717) is 64.2 Å². The standard InChI is InChI=1S/C27H35ClN4O5S.C26H33ClN4O3.CH3ClO2S.3CH4/c1-17(2)37-25-11-10-21(15-23(25)28)27(34)29-22(12-13-33)14-19-6-8-20(9-7-19)24-16-32(4)26(30-24)18(3)31-38(5,35)36;1-16(2)34-24-10-9-20(14-22(24)27)26(33)29-21(11-12-32)13-18-5-7-19(8-6-18)23-15-31(4)25(30-23)17(3)28;1-5(2,3)4;;;/h6-11,15-18,22,31,33H,12-14H2,1-5H3,(H,29,34);5-10,14-17,21,32H,11-13,28H2,1-4H3,(H,29,33);1H3;3*1H4/t18?,22-;17?,21-;;;;/m11..../s1. The maximum atomic E-state index is 12.9. The van der Waals surface area contributed by atoms with Crippen LogP contribution in [0.2, 0.25) is 10.0 Å². The summed E-state index contributed by atoms with van der Waals surface area (Å²) in [6.07, 6.45) is 7.75. The number of aromatic nitrogens is 4. The predicted molar refractivity (Wildman–Crippen MR) is 325 cm³/mol. The molecule has 80 heavy (non-hydrogen) atoms. The van der Waals surface area contributed by atoms with E-state index in [2.05, 4.69) is 36.0 Å². The number of hydrogen-bond donors (Lipinski definition) is 6. The number of sulfonamides is 1. The molecular weight excluding hydrogens is 1130 g/mol. The molecule has 18 nitrogen and oxygen atoms in total. The number of rotatable bonds is 22. The van der Waals surface area contributed by atoms with Crippen LogP contribution in [0.15, 0.2) is 97.3 Å². The summed E-state index contributed by atoms with van der Waals surface area (Å²) in [5.41, 5.74) is 12.3. The highest BCUT2D eigenvalue weighted by atomic mass is 35.7. The molecular formula is C57H83Cl3N8O10S2. The molecule has 7 N–H and O–H groups in total. The van der Waals surface area contributed by atoms with Gasteiger partial charge in [-0.25, -0.2) is 31.5 Å². The van der Waals surface area contributed by atoms with Gasteiger partial charge in [0.05, 0.1) is 58.2 Å². The van der Waals surface area contributed by atoms with Crippen LogP contribution in [0.25, 0.3) is 22.5 Å². The topological polar surface area (TPSA) is 259 Å². The first-order valence-electron chi connectivity index (χ1n) is 24.7. The minimum Gasteiger partial charge on any atom is -0.489 e. The number of amides is 2. The van der Waals surface area contributed by atoms with Crippen molar-refractivity contribution in [2.24, 2.45) is 19.8 Å². The Labute approximate surface area is 489 Å². The number of nitrogens with one attached hydrogen (secondary N) is 3. The number of aryl methyl sites for hydroxylation is 2. The number of halogens is 3. The number of benzene rings is 4. The van der Waals surface area contributed by atoms with Crippen molar-refractivity contribution in [3.63, 3.8) is 0 Å². The van der Waals surface area contributed by atoms with E-state index in [0.717, 1.165) is 52.0 Å². The smallest absolute Gasteiger partial charge is 0.251 e. The number of aliphatic hydroxyl groups excluding tert-OH is 2. The first-order valence-corrected chi connectivity index (χ1v) is 30.0. The van der Waals surface area contributed by atoms with Crippen molar-refractivity contribution in [1.82, 2.24) is 34.5 Å². The lowest BCUT2D eigenvalue weighted by Crippen LogP contribution is -2.37. The molecule has 0 saturated carbocycles. The lowest BCUT2D eigenvalue weighted by molar-refractivity contribution is 0.0921. The third-order valence-corrected chi connectivity index (χ3v) is 12.6. The molecule has 2 unspecified atom stereocenters. The zero-order chi connectivity index (χ0) is 57.4. The Bertz CT molecular complexity index is 3110.